The predicted octanol–water partition coefficient (Wildman–Crippen LogP) is 4.23. The lowest BCUT2D eigenvalue weighted by molar-refractivity contribution is 0.422. The summed E-state index contributed by atoms with van der Waals surface area (Å²) >= 11 is 5.60. The highest BCUT2D eigenvalue weighted by atomic mass is 35.5. The van der Waals surface area contributed by atoms with Crippen molar-refractivity contribution < 1.29 is 9.13 Å². The van der Waals surface area contributed by atoms with Crippen LogP contribution in [0.3, 0.4) is 0 Å². The number of ether oxygens (including phenoxy) is 1. The molecule has 0 radical (unpaired) electrons. The fourth-order valence-electron chi connectivity index (χ4n) is 1.38. The molecule has 0 aliphatic heterocycles. The van der Waals surface area contributed by atoms with Gasteiger partial charge in [0, 0.05) is 6.20 Å². The van der Waals surface area contributed by atoms with E-state index in [-0.39, 0.29) is 10.9 Å². The number of hydrogen-bond acceptors (Lipinski definition) is 2. The molecule has 0 N–H and O–H groups in total. The van der Waals surface area contributed by atoms with E-state index < -0.39 is 5.82 Å². The molecule has 0 amide bonds. The highest BCUT2D eigenvalue weighted by molar-refractivity contribution is 6.30. The van der Waals surface area contributed by atoms with Crippen LogP contribution in [0.1, 0.15) is 12.5 Å². The summed E-state index contributed by atoms with van der Waals surface area (Å²) in [7, 11) is 0. The Morgan fingerprint density at radius 3 is 2.59 bits per heavy atom. The maximum absolute atomic E-state index is 13.4. The average Bonchev–Trinajstić information content (AvgIpc) is 2.34. The van der Waals surface area contributed by atoms with Crippen LogP contribution in [0.2, 0.25) is 5.02 Å². The Balaban J connectivity index is 2.19. The van der Waals surface area contributed by atoms with Gasteiger partial charge in [-0.3, -0.25) is 0 Å². The summed E-state index contributed by atoms with van der Waals surface area (Å²) in [6, 6.07) is 8.61. The van der Waals surface area contributed by atoms with Crippen LogP contribution < -0.4 is 4.74 Å². The van der Waals surface area contributed by atoms with Crippen molar-refractivity contribution in [3.05, 3.63) is 52.9 Å². The summed E-state index contributed by atoms with van der Waals surface area (Å²) in [4.78, 5) is 3.79. The van der Waals surface area contributed by atoms with E-state index in [2.05, 4.69) is 11.9 Å². The van der Waals surface area contributed by atoms with Gasteiger partial charge in [-0.05, 0) is 30.2 Å². The van der Waals surface area contributed by atoms with Crippen molar-refractivity contribution >= 4 is 11.6 Å². The van der Waals surface area contributed by atoms with Gasteiger partial charge < -0.3 is 4.74 Å². The van der Waals surface area contributed by atoms with E-state index in [1.807, 2.05) is 12.1 Å². The van der Waals surface area contributed by atoms with Crippen LogP contribution in [0, 0.1) is 5.82 Å². The van der Waals surface area contributed by atoms with Gasteiger partial charge in [0.05, 0.1) is 5.02 Å². The van der Waals surface area contributed by atoms with Crippen molar-refractivity contribution in [3.8, 4) is 11.6 Å². The average molecular weight is 252 g/mol. The quantitative estimate of drug-likeness (QED) is 0.814. The molecule has 2 rings (SSSR count). The van der Waals surface area contributed by atoms with Crippen molar-refractivity contribution in [1.82, 2.24) is 4.98 Å². The Bertz CT molecular complexity index is 513. The van der Waals surface area contributed by atoms with Crippen molar-refractivity contribution in [2.75, 3.05) is 0 Å². The molecular weight excluding hydrogens is 241 g/mol. The minimum absolute atomic E-state index is 0.0707. The Morgan fingerprint density at radius 1 is 1.29 bits per heavy atom. The number of benzene rings is 1. The number of halogens is 2. The Hall–Kier alpha value is -1.61. The first kappa shape index (κ1) is 11.9. The topological polar surface area (TPSA) is 22.1 Å². The first-order chi connectivity index (χ1) is 8.19. The van der Waals surface area contributed by atoms with Crippen molar-refractivity contribution in [3.63, 3.8) is 0 Å². The van der Waals surface area contributed by atoms with Crippen LogP contribution in [-0.2, 0) is 6.42 Å². The highest BCUT2D eigenvalue weighted by Crippen LogP contribution is 2.24. The van der Waals surface area contributed by atoms with Gasteiger partial charge in [-0.2, -0.15) is 0 Å². The number of hydrogen-bond donors (Lipinski definition) is 0. The van der Waals surface area contributed by atoms with Crippen LogP contribution in [0.15, 0.2) is 36.5 Å². The zero-order valence-electron chi connectivity index (χ0n) is 9.28. The lowest BCUT2D eigenvalue weighted by Gasteiger charge is -2.06. The number of nitrogens with zero attached hydrogens (tertiary/aromatic N) is 1. The van der Waals surface area contributed by atoms with Crippen molar-refractivity contribution in [2.24, 2.45) is 0 Å². The molecule has 4 heteroatoms. The summed E-state index contributed by atoms with van der Waals surface area (Å²) < 4.78 is 18.7. The van der Waals surface area contributed by atoms with Crippen LogP contribution in [-0.4, -0.2) is 4.98 Å². The minimum atomic E-state index is -0.572. The molecule has 1 aromatic heterocycles. The predicted molar refractivity (Wildman–Crippen MR) is 65.1 cm³/mol. The van der Waals surface area contributed by atoms with Crippen molar-refractivity contribution in [2.45, 2.75) is 13.3 Å². The van der Waals surface area contributed by atoms with E-state index >= 15 is 0 Å². The van der Waals surface area contributed by atoms with Gasteiger partial charge in [-0.25, -0.2) is 9.37 Å². The third-order valence-corrected chi connectivity index (χ3v) is 2.53. The SMILES string of the molecule is CCc1ccc(Oc2ncc(Cl)cc2F)cc1. The second-order valence-corrected chi connectivity index (χ2v) is 3.98. The molecule has 0 spiro atoms. The van der Waals surface area contributed by atoms with Crippen LogP contribution in [0.5, 0.6) is 11.6 Å². The van der Waals surface area contributed by atoms with Crippen molar-refractivity contribution in [1.29, 1.82) is 0 Å². The molecule has 0 bridgehead atoms. The van der Waals surface area contributed by atoms with Gasteiger partial charge in [0.2, 0.25) is 0 Å². The molecule has 88 valence electrons. The molecule has 17 heavy (non-hydrogen) atoms. The maximum atomic E-state index is 13.4. The van der Waals surface area contributed by atoms with Gasteiger partial charge in [0.15, 0.2) is 5.82 Å². The standard InChI is InChI=1S/C13H11ClFNO/c1-2-9-3-5-11(6-4-9)17-13-12(15)7-10(14)8-16-13/h3-8H,2H2,1H3. The van der Waals surface area contributed by atoms with E-state index in [1.54, 1.807) is 12.1 Å². The first-order valence-corrected chi connectivity index (χ1v) is 5.64. The number of aromatic nitrogens is 1. The van der Waals surface area contributed by atoms with E-state index in [9.17, 15) is 4.39 Å². The van der Waals surface area contributed by atoms with Gasteiger partial charge in [-0.15, -0.1) is 0 Å². The Kier molecular flexibility index (Phi) is 3.59. The smallest absolute Gasteiger partial charge is 0.255 e. The molecule has 1 heterocycles. The molecule has 2 nitrogen and oxygen atoms in total. The van der Waals surface area contributed by atoms with E-state index in [1.165, 1.54) is 17.8 Å². The second kappa shape index (κ2) is 5.15. The molecule has 0 fully saturated rings. The summed E-state index contributed by atoms with van der Waals surface area (Å²) in [5.41, 5.74) is 1.20. The maximum Gasteiger partial charge on any atom is 0.255 e. The summed E-state index contributed by atoms with van der Waals surface area (Å²) in [6.45, 7) is 2.07. The lowest BCUT2D eigenvalue weighted by Crippen LogP contribution is -1.92. The monoisotopic (exact) mass is 251 g/mol. The number of rotatable bonds is 3. The van der Waals surface area contributed by atoms with E-state index in [4.69, 9.17) is 16.3 Å². The summed E-state index contributed by atoms with van der Waals surface area (Å²) in [6.07, 6.45) is 2.30. The minimum Gasteiger partial charge on any atom is -0.436 e. The zero-order valence-corrected chi connectivity index (χ0v) is 10.0. The molecule has 0 saturated carbocycles. The van der Waals surface area contributed by atoms with Gasteiger partial charge in [0.1, 0.15) is 5.75 Å². The highest BCUT2D eigenvalue weighted by Gasteiger charge is 2.07. The molecule has 0 unspecified atom stereocenters. The van der Waals surface area contributed by atoms with Gasteiger partial charge >= 0.3 is 0 Å². The Morgan fingerprint density at radius 2 is 2.00 bits per heavy atom. The molecular formula is C13H11ClFNO. The summed E-state index contributed by atoms with van der Waals surface area (Å²) in [5.74, 6) is -0.0911. The third kappa shape index (κ3) is 2.94. The molecule has 0 aliphatic carbocycles. The summed E-state index contributed by atoms with van der Waals surface area (Å²) in [5, 5.41) is 0.246. The van der Waals surface area contributed by atoms with E-state index in [0.717, 1.165) is 6.42 Å². The molecule has 0 aliphatic rings. The van der Waals surface area contributed by atoms with Gasteiger partial charge in [-0.1, -0.05) is 30.7 Å². The van der Waals surface area contributed by atoms with E-state index in [0.29, 0.717) is 5.75 Å². The molecule has 2 aromatic rings. The first-order valence-electron chi connectivity index (χ1n) is 5.27. The fourth-order valence-corrected chi connectivity index (χ4v) is 1.53. The number of pyridine rings is 1. The van der Waals surface area contributed by atoms with Crippen LogP contribution in [0.25, 0.3) is 0 Å². The Labute approximate surface area is 104 Å². The second-order valence-electron chi connectivity index (χ2n) is 3.54. The van der Waals surface area contributed by atoms with Crippen LogP contribution in [0.4, 0.5) is 4.39 Å². The lowest BCUT2D eigenvalue weighted by atomic mass is 10.2. The van der Waals surface area contributed by atoms with Gasteiger partial charge in [0.25, 0.3) is 5.88 Å². The number of aryl methyl sites for hydroxylation is 1. The zero-order chi connectivity index (χ0) is 12.3. The molecule has 0 saturated heterocycles. The normalized spacial score (nSPS) is 10.3. The third-order valence-electron chi connectivity index (χ3n) is 2.32. The van der Waals surface area contributed by atoms with Crippen LogP contribution >= 0.6 is 11.6 Å². The molecule has 0 atom stereocenters. The molecule has 1 aromatic carbocycles. The fraction of sp³-hybridized carbons (Fsp3) is 0.154. The largest absolute Gasteiger partial charge is 0.436 e.